The first-order valence-corrected chi connectivity index (χ1v) is 7.30. The number of hydrogen-bond acceptors (Lipinski definition) is 6. The summed E-state index contributed by atoms with van der Waals surface area (Å²) < 4.78 is 9.73. The van der Waals surface area contributed by atoms with Gasteiger partial charge in [-0.05, 0) is 39.8 Å². The summed E-state index contributed by atoms with van der Waals surface area (Å²) in [7, 11) is 0. The Bertz CT molecular complexity index is 466. The standard InChI is InChI=1S/C12H16O4.C6H12O2/c1-5-10(13)15-9-7-8-12(3,4)16-11(14)6-2;1-6(2,8)4-3-5-7/h5-8H,1-2,9H2,3-4H3;3-4,7-8H,5H2,1-2H3. The van der Waals surface area contributed by atoms with Crippen LogP contribution in [-0.4, -0.2) is 46.6 Å². The zero-order valence-electron chi connectivity index (χ0n) is 14.8. The molecule has 0 aromatic rings. The molecule has 0 radical (unpaired) electrons. The maximum Gasteiger partial charge on any atom is 0.330 e. The first-order chi connectivity index (χ1) is 11.0. The van der Waals surface area contributed by atoms with E-state index in [2.05, 4.69) is 13.2 Å². The van der Waals surface area contributed by atoms with Crippen molar-refractivity contribution >= 4 is 11.9 Å². The van der Waals surface area contributed by atoms with E-state index in [0.29, 0.717) is 0 Å². The minimum absolute atomic E-state index is 0.00993. The summed E-state index contributed by atoms with van der Waals surface area (Å²) in [6.45, 7) is 13.4. The van der Waals surface area contributed by atoms with E-state index >= 15 is 0 Å². The van der Waals surface area contributed by atoms with E-state index in [0.717, 1.165) is 12.2 Å². The molecule has 0 bridgehead atoms. The van der Waals surface area contributed by atoms with Gasteiger partial charge in [0.15, 0.2) is 0 Å². The Morgan fingerprint density at radius 1 is 1.00 bits per heavy atom. The second-order valence-electron chi connectivity index (χ2n) is 5.70. The molecule has 0 spiro atoms. The molecule has 136 valence electrons. The summed E-state index contributed by atoms with van der Waals surface area (Å²) in [6, 6.07) is 0. The van der Waals surface area contributed by atoms with Crippen LogP contribution in [0.5, 0.6) is 0 Å². The van der Waals surface area contributed by atoms with Gasteiger partial charge in [-0.3, -0.25) is 0 Å². The van der Waals surface area contributed by atoms with Gasteiger partial charge >= 0.3 is 11.9 Å². The zero-order valence-corrected chi connectivity index (χ0v) is 14.8. The van der Waals surface area contributed by atoms with Crippen molar-refractivity contribution in [3.63, 3.8) is 0 Å². The molecule has 0 rings (SSSR count). The predicted molar refractivity (Wildman–Crippen MR) is 93.2 cm³/mol. The Morgan fingerprint density at radius 3 is 1.92 bits per heavy atom. The van der Waals surface area contributed by atoms with Crippen LogP contribution in [0.2, 0.25) is 0 Å². The summed E-state index contributed by atoms with van der Waals surface area (Å²) in [5, 5.41) is 17.2. The Morgan fingerprint density at radius 2 is 1.54 bits per heavy atom. The summed E-state index contributed by atoms with van der Waals surface area (Å²) in [4.78, 5) is 21.6. The lowest BCUT2D eigenvalue weighted by atomic mass is 10.1. The Kier molecular flexibility index (Phi) is 12.3. The van der Waals surface area contributed by atoms with E-state index in [-0.39, 0.29) is 13.2 Å². The SMILES string of the molecule is C=CC(=O)OCC=CC(C)(C)OC(=O)C=C.CC(C)(O)C=CCO. The highest BCUT2D eigenvalue weighted by Crippen LogP contribution is 2.11. The monoisotopic (exact) mass is 340 g/mol. The van der Waals surface area contributed by atoms with E-state index in [9.17, 15) is 9.59 Å². The van der Waals surface area contributed by atoms with Crippen LogP contribution in [0.15, 0.2) is 49.6 Å². The van der Waals surface area contributed by atoms with Crippen LogP contribution in [0, 0.1) is 0 Å². The lowest BCUT2D eigenvalue weighted by Gasteiger charge is -2.19. The van der Waals surface area contributed by atoms with Crippen LogP contribution in [-0.2, 0) is 19.1 Å². The number of carbonyl (C=O) groups is 2. The average molecular weight is 340 g/mol. The fraction of sp³-hybridized carbons (Fsp3) is 0.444. The first-order valence-electron chi connectivity index (χ1n) is 7.30. The third-order valence-electron chi connectivity index (χ3n) is 2.17. The number of aliphatic hydroxyl groups excluding tert-OH is 1. The number of esters is 2. The highest BCUT2D eigenvalue weighted by Gasteiger charge is 2.17. The molecular formula is C18H28O6. The van der Waals surface area contributed by atoms with E-state index in [1.165, 1.54) is 6.08 Å². The normalized spacial score (nSPS) is 11.6. The second-order valence-corrected chi connectivity index (χ2v) is 5.70. The van der Waals surface area contributed by atoms with Gasteiger partial charge in [-0.25, -0.2) is 9.59 Å². The van der Waals surface area contributed by atoms with Crippen molar-refractivity contribution in [2.45, 2.75) is 38.9 Å². The van der Waals surface area contributed by atoms with Gasteiger partial charge in [0.1, 0.15) is 12.2 Å². The largest absolute Gasteiger partial charge is 0.458 e. The van der Waals surface area contributed by atoms with E-state index in [1.807, 2.05) is 0 Å². The lowest BCUT2D eigenvalue weighted by Crippen LogP contribution is -2.24. The number of carbonyl (C=O) groups excluding carboxylic acids is 2. The Balaban J connectivity index is 0. The van der Waals surface area contributed by atoms with Crippen molar-refractivity contribution < 1.29 is 29.3 Å². The summed E-state index contributed by atoms with van der Waals surface area (Å²) in [6.07, 6.45) is 8.46. The minimum atomic E-state index is -0.789. The van der Waals surface area contributed by atoms with Crippen molar-refractivity contribution in [2.75, 3.05) is 13.2 Å². The molecular weight excluding hydrogens is 312 g/mol. The Labute approximate surface area is 143 Å². The van der Waals surface area contributed by atoms with E-state index in [4.69, 9.17) is 19.7 Å². The van der Waals surface area contributed by atoms with Gasteiger partial charge in [-0.1, -0.05) is 25.3 Å². The van der Waals surface area contributed by atoms with Crippen LogP contribution >= 0.6 is 0 Å². The molecule has 0 aliphatic heterocycles. The zero-order chi connectivity index (χ0) is 19.2. The van der Waals surface area contributed by atoms with Gasteiger partial charge < -0.3 is 19.7 Å². The van der Waals surface area contributed by atoms with Gasteiger partial charge in [0.05, 0.1) is 12.2 Å². The quantitative estimate of drug-likeness (QED) is 0.399. The fourth-order valence-electron chi connectivity index (χ4n) is 1.20. The van der Waals surface area contributed by atoms with Gasteiger partial charge in [0, 0.05) is 12.2 Å². The molecule has 0 heterocycles. The third-order valence-corrected chi connectivity index (χ3v) is 2.17. The molecule has 0 saturated heterocycles. The maximum atomic E-state index is 10.9. The molecule has 6 nitrogen and oxygen atoms in total. The van der Waals surface area contributed by atoms with Gasteiger partial charge in [0.2, 0.25) is 0 Å². The molecule has 0 unspecified atom stereocenters. The molecule has 0 saturated carbocycles. The highest BCUT2D eigenvalue weighted by atomic mass is 16.6. The van der Waals surface area contributed by atoms with Crippen molar-refractivity contribution in [3.8, 4) is 0 Å². The minimum Gasteiger partial charge on any atom is -0.458 e. The van der Waals surface area contributed by atoms with E-state index < -0.39 is 23.1 Å². The molecule has 0 amide bonds. The molecule has 6 heteroatoms. The van der Waals surface area contributed by atoms with Crippen LogP contribution in [0.25, 0.3) is 0 Å². The number of rotatable bonds is 8. The van der Waals surface area contributed by atoms with Crippen LogP contribution in [0.4, 0.5) is 0 Å². The molecule has 24 heavy (non-hydrogen) atoms. The topological polar surface area (TPSA) is 93.1 Å². The molecule has 0 aliphatic carbocycles. The van der Waals surface area contributed by atoms with Crippen LogP contribution < -0.4 is 0 Å². The molecule has 0 atom stereocenters. The number of aliphatic hydroxyl groups is 2. The molecule has 2 N–H and O–H groups in total. The smallest absolute Gasteiger partial charge is 0.330 e. The van der Waals surface area contributed by atoms with Gasteiger partial charge in [-0.15, -0.1) is 0 Å². The Hall–Kier alpha value is -2.18. The number of hydrogen-bond donors (Lipinski definition) is 2. The highest BCUT2D eigenvalue weighted by molar-refractivity contribution is 5.82. The molecule has 0 fully saturated rings. The van der Waals surface area contributed by atoms with Crippen molar-refractivity contribution in [1.29, 1.82) is 0 Å². The summed E-state index contributed by atoms with van der Waals surface area (Å²) in [5.74, 6) is -0.997. The molecule has 0 aromatic heterocycles. The molecule has 0 aliphatic rings. The van der Waals surface area contributed by atoms with Crippen LogP contribution in [0.1, 0.15) is 27.7 Å². The average Bonchev–Trinajstić information content (AvgIpc) is 2.48. The van der Waals surface area contributed by atoms with Crippen molar-refractivity contribution in [2.24, 2.45) is 0 Å². The summed E-state index contributed by atoms with van der Waals surface area (Å²) in [5.41, 5.74) is -1.55. The number of ether oxygens (including phenoxy) is 2. The van der Waals surface area contributed by atoms with Gasteiger partial charge in [0.25, 0.3) is 0 Å². The first kappa shape index (κ1) is 24.1. The summed E-state index contributed by atoms with van der Waals surface area (Å²) >= 11 is 0. The predicted octanol–water partition coefficient (Wildman–Crippen LogP) is 2.09. The van der Waals surface area contributed by atoms with Gasteiger partial charge in [-0.2, -0.15) is 0 Å². The second kappa shape index (κ2) is 12.3. The maximum absolute atomic E-state index is 10.9. The third kappa shape index (κ3) is 17.9. The lowest BCUT2D eigenvalue weighted by molar-refractivity contribution is -0.146. The molecule has 0 aromatic carbocycles. The van der Waals surface area contributed by atoms with E-state index in [1.54, 1.807) is 45.9 Å². The fourth-order valence-corrected chi connectivity index (χ4v) is 1.20. The van der Waals surface area contributed by atoms with Crippen LogP contribution in [0.3, 0.4) is 0 Å². The van der Waals surface area contributed by atoms with Crippen molar-refractivity contribution in [3.05, 3.63) is 49.6 Å². The van der Waals surface area contributed by atoms with Crippen molar-refractivity contribution in [1.82, 2.24) is 0 Å².